The summed E-state index contributed by atoms with van der Waals surface area (Å²) in [5.41, 5.74) is 0.637. The van der Waals surface area contributed by atoms with Crippen LogP contribution in [0.1, 0.15) is 44.3 Å². The number of pyridine rings is 1. The molecule has 0 radical (unpaired) electrons. The van der Waals surface area contributed by atoms with Gasteiger partial charge in [0.2, 0.25) is 5.76 Å². The van der Waals surface area contributed by atoms with Crippen LogP contribution in [0.25, 0.3) is 11.0 Å². The number of halogens is 1. The van der Waals surface area contributed by atoms with Crippen LogP contribution in [-0.2, 0) is 4.74 Å². The molecule has 0 bridgehead atoms. The summed E-state index contributed by atoms with van der Waals surface area (Å²) >= 11 is 3.56. The van der Waals surface area contributed by atoms with Gasteiger partial charge in [0.25, 0.3) is 0 Å². The first-order valence-electron chi connectivity index (χ1n) is 9.31. The van der Waals surface area contributed by atoms with Crippen LogP contribution in [0, 0.1) is 11.3 Å². The van der Waals surface area contributed by atoms with Gasteiger partial charge in [0.15, 0.2) is 5.58 Å². The lowest BCUT2D eigenvalue weighted by Gasteiger charge is -2.23. The lowest BCUT2D eigenvalue weighted by atomic mass is 9.95. The average Bonchev–Trinajstić information content (AvgIpc) is 2.88. The highest BCUT2D eigenvalue weighted by Gasteiger charge is 2.17. The summed E-state index contributed by atoms with van der Waals surface area (Å²) in [4.78, 5) is 4.39. The van der Waals surface area contributed by atoms with Gasteiger partial charge in [-0.25, -0.2) is 4.98 Å². The smallest absolute Gasteiger partial charge is 0.204 e. The van der Waals surface area contributed by atoms with Gasteiger partial charge in [0.1, 0.15) is 11.9 Å². The maximum atomic E-state index is 8.86. The van der Waals surface area contributed by atoms with E-state index in [1.807, 2.05) is 6.07 Å². The van der Waals surface area contributed by atoms with E-state index in [9.17, 15) is 0 Å². The van der Waals surface area contributed by atoms with Crippen molar-refractivity contribution in [1.82, 2.24) is 10.3 Å². The van der Waals surface area contributed by atoms with Crippen molar-refractivity contribution < 1.29 is 9.15 Å². The molecule has 0 amide bonds. The minimum atomic E-state index is 0.312. The van der Waals surface area contributed by atoms with Gasteiger partial charge in [-0.1, -0.05) is 19.3 Å². The van der Waals surface area contributed by atoms with E-state index in [0.717, 1.165) is 42.0 Å². The highest BCUT2D eigenvalue weighted by Crippen LogP contribution is 2.33. The topological polar surface area (TPSA) is 83.1 Å². The largest absolute Gasteiger partial charge is 0.444 e. The molecule has 1 saturated carbocycles. The van der Waals surface area contributed by atoms with Crippen molar-refractivity contribution in [2.75, 3.05) is 31.6 Å². The third-order valence-electron chi connectivity index (χ3n) is 4.64. The summed E-state index contributed by atoms with van der Waals surface area (Å²) in [6.45, 7) is 3.98. The molecule has 1 aliphatic carbocycles. The van der Waals surface area contributed by atoms with E-state index < -0.39 is 0 Å². The molecule has 140 valence electrons. The Morgan fingerprint density at radius 1 is 1.19 bits per heavy atom. The predicted molar refractivity (Wildman–Crippen MR) is 105 cm³/mol. The van der Waals surface area contributed by atoms with Crippen LogP contribution in [0.2, 0.25) is 0 Å². The first kappa shape index (κ1) is 19.2. The Balaban J connectivity index is 0.000000236. The fraction of sp³-hybridized carbons (Fsp3) is 0.579. The zero-order chi connectivity index (χ0) is 18.2. The van der Waals surface area contributed by atoms with Gasteiger partial charge in [-0.05, 0) is 41.7 Å². The predicted octanol–water partition coefficient (Wildman–Crippen LogP) is 4.20. The van der Waals surface area contributed by atoms with Crippen LogP contribution in [0.15, 0.2) is 21.2 Å². The summed E-state index contributed by atoms with van der Waals surface area (Å²) in [6.07, 6.45) is 9.12. The number of rotatable bonds is 2. The van der Waals surface area contributed by atoms with Crippen molar-refractivity contribution in [1.29, 1.82) is 5.26 Å². The summed E-state index contributed by atoms with van der Waals surface area (Å²) in [6, 6.07) is 4.25. The third-order valence-corrected chi connectivity index (χ3v) is 5.44. The summed E-state index contributed by atoms with van der Waals surface area (Å²) < 4.78 is 11.4. The lowest BCUT2D eigenvalue weighted by molar-refractivity contribution is 0.151. The second kappa shape index (κ2) is 9.91. The number of fused-ring (bicyclic) bond motifs is 1. The molecule has 2 aromatic rings. The molecule has 2 N–H and O–H groups in total. The van der Waals surface area contributed by atoms with Crippen molar-refractivity contribution >= 4 is 32.7 Å². The third kappa shape index (κ3) is 5.19. The number of anilines is 1. The van der Waals surface area contributed by atoms with Crippen LogP contribution in [0.4, 0.5) is 5.82 Å². The summed E-state index contributed by atoms with van der Waals surface area (Å²) in [7, 11) is 0. The lowest BCUT2D eigenvalue weighted by Crippen LogP contribution is -2.23. The Bertz CT molecular complexity index is 730. The fourth-order valence-corrected chi connectivity index (χ4v) is 3.77. The Hall–Kier alpha value is -1.62. The molecule has 0 spiro atoms. The van der Waals surface area contributed by atoms with Crippen molar-refractivity contribution in [3.05, 3.63) is 22.5 Å². The standard InChI is InChI=1S/C14H14BrN3O.C5H11NO/c15-13-11-6-10(7-16)19-12(11)8-17-14(13)18-9-4-2-1-3-5-9;1-2-6-3-5-7-4-1/h6,8-9H,1-5H2,(H,17,18);6H,1-5H2. The SMILES string of the molecule is C1CNCCOC1.N#Cc1cc2c(Br)c(NC3CCCCC3)ncc2o1. The molecular weight excluding hydrogens is 396 g/mol. The minimum absolute atomic E-state index is 0.312. The van der Waals surface area contributed by atoms with Gasteiger partial charge in [-0.15, -0.1) is 0 Å². The molecule has 1 aliphatic heterocycles. The molecule has 0 atom stereocenters. The number of furan rings is 1. The first-order valence-corrected chi connectivity index (χ1v) is 10.1. The zero-order valence-electron chi connectivity index (χ0n) is 14.9. The normalized spacial score (nSPS) is 18.5. The Labute approximate surface area is 162 Å². The minimum Gasteiger partial charge on any atom is -0.444 e. The molecule has 0 unspecified atom stereocenters. The summed E-state index contributed by atoms with van der Waals surface area (Å²) in [5, 5.41) is 16.5. The Kier molecular flexibility index (Phi) is 7.30. The molecular formula is C19H25BrN4O2. The maximum absolute atomic E-state index is 8.86. The van der Waals surface area contributed by atoms with Gasteiger partial charge in [-0.2, -0.15) is 5.26 Å². The van der Waals surface area contributed by atoms with Gasteiger partial charge >= 0.3 is 0 Å². The molecule has 4 rings (SSSR count). The van der Waals surface area contributed by atoms with E-state index in [4.69, 9.17) is 14.4 Å². The molecule has 2 fully saturated rings. The number of nitrogens with zero attached hydrogens (tertiary/aromatic N) is 2. The highest BCUT2D eigenvalue weighted by molar-refractivity contribution is 9.10. The molecule has 7 heteroatoms. The zero-order valence-corrected chi connectivity index (χ0v) is 16.5. The quantitative estimate of drug-likeness (QED) is 0.756. The number of hydrogen-bond donors (Lipinski definition) is 2. The molecule has 2 aromatic heterocycles. The number of hydrogen-bond acceptors (Lipinski definition) is 6. The fourth-order valence-electron chi connectivity index (χ4n) is 3.25. The van der Waals surface area contributed by atoms with E-state index >= 15 is 0 Å². The van der Waals surface area contributed by atoms with Gasteiger partial charge in [-0.3, -0.25) is 0 Å². The van der Waals surface area contributed by atoms with E-state index in [0.29, 0.717) is 17.4 Å². The van der Waals surface area contributed by atoms with Gasteiger partial charge < -0.3 is 19.8 Å². The Morgan fingerprint density at radius 3 is 2.85 bits per heavy atom. The van der Waals surface area contributed by atoms with E-state index in [2.05, 4.69) is 31.5 Å². The van der Waals surface area contributed by atoms with Crippen molar-refractivity contribution in [2.24, 2.45) is 0 Å². The molecule has 2 aliphatic rings. The maximum Gasteiger partial charge on any atom is 0.204 e. The average molecular weight is 421 g/mol. The second-order valence-corrected chi connectivity index (χ2v) is 7.41. The second-order valence-electron chi connectivity index (χ2n) is 6.62. The van der Waals surface area contributed by atoms with Crippen molar-refractivity contribution in [3.63, 3.8) is 0 Å². The van der Waals surface area contributed by atoms with Crippen LogP contribution < -0.4 is 10.6 Å². The van der Waals surface area contributed by atoms with E-state index in [1.54, 1.807) is 12.3 Å². The molecule has 1 saturated heterocycles. The van der Waals surface area contributed by atoms with Gasteiger partial charge in [0, 0.05) is 30.6 Å². The monoisotopic (exact) mass is 420 g/mol. The number of nitriles is 1. The van der Waals surface area contributed by atoms with Crippen LogP contribution in [0.3, 0.4) is 0 Å². The molecule has 6 nitrogen and oxygen atoms in total. The van der Waals surface area contributed by atoms with Gasteiger partial charge in [0.05, 0.1) is 17.3 Å². The molecule has 3 heterocycles. The van der Waals surface area contributed by atoms with Crippen LogP contribution >= 0.6 is 15.9 Å². The van der Waals surface area contributed by atoms with Crippen molar-refractivity contribution in [2.45, 2.75) is 44.6 Å². The van der Waals surface area contributed by atoms with Crippen molar-refractivity contribution in [3.8, 4) is 6.07 Å². The Morgan fingerprint density at radius 2 is 2.04 bits per heavy atom. The number of nitrogens with one attached hydrogen (secondary N) is 2. The number of aromatic nitrogens is 1. The first-order chi connectivity index (χ1) is 12.8. The molecule has 0 aromatic carbocycles. The van der Waals surface area contributed by atoms with Crippen LogP contribution in [0.5, 0.6) is 0 Å². The molecule has 26 heavy (non-hydrogen) atoms. The highest BCUT2D eigenvalue weighted by atomic mass is 79.9. The number of ether oxygens (including phenoxy) is 1. The van der Waals surface area contributed by atoms with E-state index in [-0.39, 0.29) is 0 Å². The summed E-state index contributed by atoms with van der Waals surface area (Å²) in [5.74, 6) is 1.15. The van der Waals surface area contributed by atoms with E-state index in [1.165, 1.54) is 38.5 Å². The van der Waals surface area contributed by atoms with Crippen LogP contribution in [-0.4, -0.2) is 37.3 Å².